The highest BCUT2D eigenvalue weighted by molar-refractivity contribution is 6.23. The quantitative estimate of drug-likeness (QED) is 0.205. The first kappa shape index (κ1) is 28.0. The van der Waals surface area contributed by atoms with Crippen LogP contribution in [-0.2, 0) is 0 Å². The van der Waals surface area contributed by atoms with Crippen molar-refractivity contribution in [2.24, 2.45) is 9.98 Å². The predicted octanol–water partition coefficient (Wildman–Crippen LogP) is 11.2. The van der Waals surface area contributed by atoms with Crippen LogP contribution in [0.15, 0.2) is 177 Å². The molecule has 7 aromatic carbocycles. The van der Waals surface area contributed by atoms with Crippen molar-refractivity contribution in [3.05, 3.63) is 169 Å². The lowest BCUT2D eigenvalue weighted by molar-refractivity contribution is 0.515. The summed E-state index contributed by atoms with van der Waals surface area (Å²) in [6.07, 6.45) is -0.459. The molecule has 0 amide bonds. The highest BCUT2D eigenvalue weighted by Crippen LogP contribution is 2.43. The van der Waals surface area contributed by atoms with Gasteiger partial charge in [0.15, 0.2) is 5.84 Å². The fourth-order valence-corrected chi connectivity index (χ4v) is 7.90. The molecule has 1 unspecified atom stereocenters. The van der Waals surface area contributed by atoms with Crippen molar-refractivity contribution in [2.45, 2.75) is 6.29 Å². The standard InChI is InChI=1S/C45H28N4O2/c1-2-13-27(14-3-1)43-46-44(48-45(47-43)49-35-22-7-4-15-28(35)29-16-5-8-23-36(29)49)34-21-10-20-33-41-31(19-12-26-39(41)51-42(33)34)30-18-11-25-38-40(30)32-17-6-9-24-37(32)50-38/h1-26,45H,(H,46,47,48). The lowest BCUT2D eigenvalue weighted by Crippen LogP contribution is -2.36. The van der Waals surface area contributed by atoms with Crippen molar-refractivity contribution in [1.29, 1.82) is 0 Å². The Morgan fingerprint density at radius 2 is 1.02 bits per heavy atom. The third-order valence-electron chi connectivity index (χ3n) is 10.1. The van der Waals surface area contributed by atoms with Crippen LogP contribution in [0.5, 0.6) is 0 Å². The zero-order chi connectivity index (χ0) is 33.5. The van der Waals surface area contributed by atoms with Gasteiger partial charge in [-0.25, -0.2) is 9.98 Å². The van der Waals surface area contributed by atoms with Crippen molar-refractivity contribution >= 4 is 77.4 Å². The number of benzene rings is 7. The van der Waals surface area contributed by atoms with Gasteiger partial charge in [-0.05, 0) is 47.5 Å². The van der Waals surface area contributed by atoms with Crippen LogP contribution in [-0.4, -0.2) is 16.2 Å². The number of furan rings is 2. The molecule has 10 aromatic rings. The Kier molecular flexibility index (Phi) is 5.92. The lowest BCUT2D eigenvalue weighted by atomic mass is 9.95. The first-order chi connectivity index (χ1) is 25.3. The van der Waals surface area contributed by atoms with Crippen molar-refractivity contribution in [3.8, 4) is 11.1 Å². The van der Waals surface area contributed by atoms with Gasteiger partial charge in [-0.15, -0.1) is 0 Å². The monoisotopic (exact) mass is 656 g/mol. The molecule has 11 rings (SSSR count). The van der Waals surface area contributed by atoms with Crippen LogP contribution < -0.4 is 5.32 Å². The summed E-state index contributed by atoms with van der Waals surface area (Å²) in [5.41, 5.74) is 9.50. The predicted molar refractivity (Wildman–Crippen MR) is 208 cm³/mol. The second-order valence-electron chi connectivity index (χ2n) is 12.9. The largest absolute Gasteiger partial charge is 0.456 e. The maximum absolute atomic E-state index is 6.79. The smallest absolute Gasteiger partial charge is 0.204 e. The second-order valence-corrected chi connectivity index (χ2v) is 12.9. The Morgan fingerprint density at radius 3 is 1.76 bits per heavy atom. The number of aromatic nitrogens is 1. The molecule has 0 saturated carbocycles. The van der Waals surface area contributed by atoms with Crippen LogP contribution in [0.3, 0.4) is 0 Å². The number of rotatable bonds is 4. The maximum atomic E-state index is 6.79. The van der Waals surface area contributed by atoms with E-state index in [-0.39, 0.29) is 0 Å². The molecule has 1 atom stereocenters. The Labute approximate surface area is 291 Å². The molecule has 3 aromatic heterocycles. The first-order valence-electron chi connectivity index (χ1n) is 17.1. The summed E-state index contributed by atoms with van der Waals surface area (Å²) in [4.78, 5) is 10.5. The van der Waals surface area contributed by atoms with E-state index in [2.05, 4.69) is 125 Å². The van der Waals surface area contributed by atoms with Gasteiger partial charge in [-0.1, -0.05) is 121 Å². The number of aliphatic imine (C=N–C) groups is 2. The molecule has 0 aliphatic carbocycles. The minimum absolute atomic E-state index is 0.459. The SMILES string of the molecule is c1ccc(C2=NC(c3cccc4c3oc3cccc(-c5cccc6oc7ccccc7c56)c34)=NC(n3c4ccccc4c4ccccc43)N2)cc1. The molecule has 0 spiro atoms. The van der Waals surface area contributed by atoms with Gasteiger partial charge in [-0.3, -0.25) is 0 Å². The summed E-state index contributed by atoms with van der Waals surface area (Å²) in [6.45, 7) is 0. The van der Waals surface area contributed by atoms with Crippen LogP contribution in [0.1, 0.15) is 17.4 Å². The van der Waals surface area contributed by atoms with E-state index in [1.54, 1.807) is 0 Å². The highest BCUT2D eigenvalue weighted by Gasteiger charge is 2.26. The van der Waals surface area contributed by atoms with E-state index in [1.807, 2.05) is 42.5 Å². The maximum Gasteiger partial charge on any atom is 0.204 e. The van der Waals surface area contributed by atoms with E-state index >= 15 is 0 Å². The van der Waals surface area contributed by atoms with Gasteiger partial charge >= 0.3 is 0 Å². The lowest BCUT2D eigenvalue weighted by Gasteiger charge is -2.25. The number of nitrogens with one attached hydrogen (secondary N) is 1. The van der Waals surface area contributed by atoms with E-state index < -0.39 is 6.29 Å². The molecule has 6 nitrogen and oxygen atoms in total. The van der Waals surface area contributed by atoms with Gasteiger partial charge in [0.2, 0.25) is 6.29 Å². The first-order valence-corrected chi connectivity index (χ1v) is 17.1. The third kappa shape index (κ3) is 4.17. The molecule has 240 valence electrons. The van der Waals surface area contributed by atoms with Crippen molar-refractivity contribution in [1.82, 2.24) is 9.88 Å². The third-order valence-corrected chi connectivity index (χ3v) is 10.1. The Hall–Kier alpha value is -6.92. The molecule has 4 heterocycles. The zero-order valence-electron chi connectivity index (χ0n) is 27.2. The normalized spacial score (nSPS) is 14.9. The average molecular weight is 657 g/mol. The Balaban J connectivity index is 1.15. The minimum atomic E-state index is -0.459. The van der Waals surface area contributed by atoms with Crippen LogP contribution in [0.4, 0.5) is 0 Å². The molecule has 1 aliphatic heterocycles. The van der Waals surface area contributed by atoms with E-state index in [9.17, 15) is 0 Å². The van der Waals surface area contributed by atoms with Gasteiger partial charge in [0, 0.05) is 37.9 Å². The van der Waals surface area contributed by atoms with Crippen LogP contribution in [0, 0.1) is 0 Å². The number of hydrogen-bond acceptors (Lipinski definition) is 5. The molecule has 6 heteroatoms. The summed E-state index contributed by atoms with van der Waals surface area (Å²) in [5, 5.41) is 10.3. The summed E-state index contributed by atoms with van der Waals surface area (Å²) in [5.74, 6) is 1.35. The fourth-order valence-electron chi connectivity index (χ4n) is 7.90. The zero-order valence-corrected chi connectivity index (χ0v) is 27.2. The van der Waals surface area contributed by atoms with Crippen molar-refractivity contribution < 1.29 is 8.83 Å². The van der Waals surface area contributed by atoms with E-state index in [1.165, 1.54) is 10.8 Å². The van der Waals surface area contributed by atoms with Crippen LogP contribution in [0.2, 0.25) is 0 Å². The Morgan fingerprint density at radius 1 is 0.471 bits per heavy atom. The van der Waals surface area contributed by atoms with Crippen molar-refractivity contribution in [2.75, 3.05) is 0 Å². The number of amidine groups is 2. The molecular weight excluding hydrogens is 629 g/mol. The number of fused-ring (bicyclic) bond motifs is 9. The van der Waals surface area contributed by atoms with E-state index in [0.29, 0.717) is 5.84 Å². The molecule has 0 radical (unpaired) electrons. The number of nitrogens with zero attached hydrogens (tertiary/aromatic N) is 3. The van der Waals surface area contributed by atoms with Gasteiger partial charge in [-0.2, -0.15) is 0 Å². The van der Waals surface area contributed by atoms with Crippen LogP contribution >= 0.6 is 0 Å². The highest BCUT2D eigenvalue weighted by atomic mass is 16.3. The molecule has 1 aliphatic rings. The summed E-state index contributed by atoms with van der Waals surface area (Å²) >= 11 is 0. The summed E-state index contributed by atoms with van der Waals surface area (Å²) < 4.78 is 15.3. The second kappa shape index (κ2) is 10.8. The minimum Gasteiger partial charge on any atom is -0.456 e. The van der Waals surface area contributed by atoms with E-state index in [4.69, 9.17) is 18.8 Å². The molecule has 51 heavy (non-hydrogen) atoms. The van der Waals surface area contributed by atoms with Crippen molar-refractivity contribution in [3.63, 3.8) is 0 Å². The molecule has 1 N–H and O–H groups in total. The molecule has 0 fully saturated rings. The van der Waals surface area contributed by atoms with Gasteiger partial charge in [0.05, 0.1) is 16.6 Å². The summed E-state index contributed by atoms with van der Waals surface area (Å²) in [6, 6.07) is 54.3. The van der Waals surface area contributed by atoms with Gasteiger partial charge in [0.1, 0.15) is 28.2 Å². The van der Waals surface area contributed by atoms with Gasteiger partial charge < -0.3 is 18.7 Å². The van der Waals surface area contributed by atoms with E-state index in [0.717, 1.165) is 83.0 Å². The molecule has 0 saturated heterocycles. The number of para-hydroxylation sites is 4. The molecule has 0 bridgehead atoms. The Bertz CT molecular complexity index is 3020. The fraction of sp³-hybridized carbons (Fsp3) is 0.0222. The van der Waals surface area contributed by atoms with Gasteiger partial charge in [0.25, 0.3) is 0 Å². The van der Waals surface area contributed by atoms with Crippen LogP contribution in [0.25, 0.3) is 76.8 Å². The average Bonchev–Trinajstić information content (AvgIpc) is 3.88. The molecular formula is C45H28N4O2. The summed E-state index contributed by atoms with van der Waals surface area (Å²) in [7, 11) is 0. The number of hydrogen-bond donors (Lipinski definition) is 1. The topological polar surface area (TPSA) is 68.0 Å².